The van der Waals surface area contributed by atoms with E-state index in [0.29, 0.717) is 63.4 Å². The third-order valence-corrected chi connectivity index (χ3v) is 7.80. The molecule has 8 heteroatoms. The van der Waals surface area contributed by atoms with Crippen molar-refractivity contribution in [1.82, 2.24) is 9.21 Å². The van der Waals surface area contributed by atoms with Gasteiger partial charge in [0.15, 0.2) is 0 Å². The first kappa shape index (κ1) is 21.8. The first-order valence-corrected chi connectivity index (χ1v) is 11.8. The van der Waals surface area contributed by atoms with Crippen LogP contribution in [0.25, 0.3) is 0 Å². The molecule has 0 aromatic heterocycles. The van der Waals surface area contributed by atoms with Crippen molar-refractivity contribution in [3.8, 4) is 0 Å². The molecular formula is C21H30N2O5S. The largest absolute Gasteiger partial charge is 0.466 e. The topological polar surface area (TPSA) is 84.0 Å². The lowest BCUT2D eigenvalue weighted by atomic mass is 9.92. The number of likely N-dealkylation sites (tertiary alicyclic amines) is 1. The van der Waals surface area contributed by atoms with Crippen molar-refractivity contribution in [2.45, 2.75) is 44.4 Å². The van der Waals surface area contributed by atoms with E-state index in [0.717, 1.165) is 5.56 Å². The van der Waals surface area contributed by atoms with Crippen LogP contribution in [-0.2, 0) is 24.3 Å². The second-order valence-electron chi connectivity index (χ2n) is 7.84. The Morgan fingerprint density at radius 3 is 2.07 bits per heavy atom. The molecule has 0 atom stereocenters. The highest BCUT2D eigenvalue weighted by molar-refractivity contribution is 7.89. The third-order valence-electron chi connectivity index (χ3n) is 5.89. The van der Waals surface area contributed by atoms with Gasteiger partial charge in [0.2, 0.25) is 15.9 Å². The number of esters is 1. The maximum Gasteiger partial charge on any atom is 0.309 e. The molecule has 0 aliphatic carbocycles. The highest BCUT2D eigenvalue weighted by Gasteiger charge is 2.35. The lowest BCUT2D eigenvalue weighted by Gasteiger charge is -2.36. The number of sulfonamides is 1. The number of hydrogen-bond acceptors (Lipinski definition) is 5. The molecule has 1 aromatic carbocycles. The van der Waals surface area contributed by atoms with Crippen LogP contribution < -0.4 is 0 Å². The van der Waals surface area contributed by atoms with Gasteiger partial charge in [-0.1, -0.05) is 17.7 Å². The number of amides is 1. The molecule has 7 nitrogen and oxygen atoms in total. The minimum absolute atomic E-state index is 0.0830. The van der Waals surface area contributed by atoms with Gasteiger partial charge in [0.25, 0.3) is 0 Å². The zero-order chi connectivity index (χ0) is 21.0. The Morgan fingerprint density at radius 2 is 1.52 bits per heavy atom. The fourth-order valence-corrected chi connectivity index (χ4v) is 5.53. The number of hydrogen-bond donors (Lipinski definition) is 0. The van der Waals surface area contributed by atoms with Gasteiger partial charge in [0.1, 0.15) is 0 Å². The summed E-state index contributed by atoms with van der Waals surface area (Å²) in [6.07, 6.45) is 2.32. The van der Waals surface area contributed by atoms with Gasteiger partial charge in [-0.3, -0.25) is 9.59 Å². The molecule has 0 unspecified atom stereocenters. The van der Waals surface area contributed by atoms with Crippen molar-refractivity contribution < 1.29 is 22.7 Å². The average Bonchev–Trinajstić information content (AvgIpc) is 2.74. The molecule has 2 aliphatic rings. The summed E-state index contributed by atoms with van der Waals surface area (Å²) in [6, 6.07) is 6.86. The molecule has 0 spiro atoms. The van der Waals surface area contributed by atoms with Crippen LogP contribution >= 0.6 is 0 Å². The van der Waals surface area contributed by atoms with Gasteiger partial charge in [-0.15, -0.1) is 0 Å². The Bertz CT molecular complexity index is 821. The average molecular weight is 423 g/mol. The van der Waals surface area contributed by atoms with Crippen LogP contribution in [0.5, 0.6) is 0 Å². The van der Waals surface area contributed by atoms with E-state index >= 15 is 0 Å². The van der Waals surface area contributed by atoms with E-state index in [1.54, 1.807) is 31.2 Å². The monoisotopic (exact) mass is 422 g/mol. The number of nitrogens with zero attached hydrogens (tertiary/aromatic N) is 2. The first-order chi connectivity index (χ1) is 13.8. The molecule has 2 heterocycles. The van der Waals surface area contributed by atoms with Crippen LogP contribution in [0.4, 0.5) is 0 Å². The number of ether oxygens (including phenoxy) is 1. The molecule has 1 aromatic rings. The highest BCUT2D eigenvalue weighted by Crippen LogP contribution is 2.27. The zero-order valence-corrected chi connectivity index (χ0v) is 18.0. The normalized spacial score (nSPS) is 19.9. The minimum atomic E-state index is -3.52. The Hall–Kier alpha value is -1.93. The molecule has 2 aliphatic heterocycles. The molecular weight excluding hydrogens is 392 g/mol. The first-order valence-electron chi connectivity index (χ1n) is 10.3. The van der Waals surface area contributed by atoms with Gasteiger partial charge in [-0.25, -0.2) is 8.42 Å². The van der Waals surface area contributed by atoms with Gasteiger partial charge in [-0.2, -0.15) is 4.31 Å². The number of benzene rings is 1. The smallest absolute Gasteiger partial charge is 0.309 e. The molecule has 0 N–H and O–H groups in total. The van der Waals surface area contributed by atoms with Crippen LogP contribution in [0, 0.1) is 18.8 Å². The lowest BCUT2D eigenvalue weighted by Crippen LogP contribution is -2.47. The Labute approximate surface area is 173 Å². The van der Waals surface area contributed by atoms with Crippen molar-refractivity contribution in [3.05, 3.63) is 29.8 Å². The summed E-state index contributed by atoms with van der Waals surface area (Å²) in [5.74, 6) is -0.368. The summed E-state index contributed by atoms with van der Waals surface area (Å²) < 4.78 is 32.2. The predicted molar refractivity (Wildman–Crippen MR) is 109 cm³/mol. The molecule has 29 heavy (non-hydrogen) atoms. The van der Waals surface area contributed by atoms with Gasteiger partial charge in [0.05, 0.1) is 17.4 Å². The molecule has 160 valence electrons. The van der Waals surface area contributed by atoms with Crippen molar-refractivity contribution >= 4 is 21.9 Å². The van der Waals surface area contributed by atoms with E-state index in [-0.39, 0.29) is 23.7 Å². The van der Waals surface area contributed by atoms with Crippen molar-refractivity contribution in [1.29, 1.82) is 0 Å². The maximum atomic E-state index is 12.9. The van der Waals surface area contributed by atoms with E-state index in [2.05, 4.69) is 0 Å². The second kappa shape index (κ2) is 9.26. The van der Waals surface area contributed by atoms with Gasteiger partial charge in [0, 0.05) is 32.1 Å². The van der Waals surface area contributed by atoms with E-state index < -0.39 is 10.0 Å². The van der Waals surface area contributed by atoms with Crippen molar-refractivity contribution in [3.63, 3.8) is 0 Å². The number of rotatable bonds is 5. The summed E-state index contributed by atoms with van der Waals surface area (Å²) in [6.45, 7) is 5.92. The quantitative estimate of drug-likeness (QED) is 0.679. The standard InChI is InChI=1S/C21H30N2O5S/c1-3-28-21(25)18-8-12-22(13-9-18)20(24)17-10-14-23(15-11-17)29(26,27)19-6-4-16(2)5-7-19/h4-7,17-18H,3,8-15H2,1-2H3. The number of carbonyl (C=O) groups is 2. The van der Waals surface area contributed by atoms with E-state index in [1.165, 1.54) is 4.31 Å². The molecule has 2 fully saturated rings. The molecule has 2 saturated heterocycles. The summed E-state index contributed by atoms with van der Waals surface area (Å²) in [7, 11) is -3.52. The van der Waals surface area contributed by atoms with E-state index in [1.807, 2.05) is 11.8 Å². The van der Waals surface area contributed by atoms with Gasteiger partial charge >= 0.3 is 5.97 Å². The predicted octanol–water partition coefficient (Wildman–Crippen LogP) is 2.20. The fourth-order valence-electron chi connectivity index (χ4n) is 4.06. The van der Waals surface area contributed by atoms with E-state index in [9.17, 15) is 18.0 Å². The van der Waals surface area contributed by atoms with Crippen molar-refractivity contribution in [2.75, 3.05) is 32.8 Å². The lowest BCUT2D eigenvalue weighted by molar-refractivity contribution is -0.152. The minimum Gasteiger partial charge on any atom is -0.466 e. The summed E-state index contributed by atoms with van der Waals surface area (Å²) in [4.78, 5) is 26.8. The van der Waals surface area contributed by atoms with Gasteiger partial charge in [-0.05, 0) is 51.7 Å². The summed E-state index contributed by atoms with van der Waals surface area (Å²) in [5, 5.41) is 0. The fraction of sp³-hybridized carbons (Fsp3) is 0.619. The number of aryl methyl sites for hydroxylation is 1. The number of carbonyl (C=O) groups excluding carboxylic acids is 2. The van der Waals surface area contributed by atoms with Crippen LogP contribution in [0.3, 0.4) is 0 Å². The SMILES string of the molecule is CCOC(=O)C1CCN(C(=O)C2CCN(S(=O)(=O)c3ccc(C)cc3)CC2)CC1. The third kappa shape index (κ3) is 4.98. The van der Waals surface area contributed by atoms with Crippen LogP contribution in [0.2, 0.25) is 0 Å². The molecule has 3 rings (SSSR count). The summed E-state index contributed by atoms with van der Waals surface area (Å²) in [5.41, 5.74) is 1.01. The van der Waals surface area contributed by atoms with Crippen LogP contribution in [0.1, 0.15) is 38.2 Å². The Morgan fingerprint density at radius 1 is 0.966 bits per heavy atom. The Kier molecular flexibility index (Phi) is 6.95. The highest BCUT2D eigenvalue weighted by atomic mass is 32.2. The zero-order valence-electron chi connectivity index (χ0n) is 17.2. The summed E-state index contributed by atoms with van der Waals surface area (Å²) >= 11 is 0. The van der Waals surface area contributed by atoms with Crippen molar-refractivity contribution in [2.24, 2.45) is 11.8 Å². The van der Waals surface area contributed by atoms with E-state index in [4.69, 9.17) is 4.74 Å². The van der Waals surface area contributed by atoms with Crippen LogP contribution in [-0.4, -0.2) is 62.3 Å². The Balaban J connectivity index is 1.52. The van der Waals surface area contributed by atoms with Crippen LogP contribution in [0.15, 0.2) is 29.2 Å². The second-order valence-corrected chi connectivity index (χ2v) is 9.78. The molecule has 0 saturated carbocycles. The molecule has 0 bridgehead atoms. The molecule has 1 amide bonds. The number of piperidine rings is 2. The van der Waals surface area contributed by atoms with Gasteiger partial charge < -0.3 is 9.64 Å². The maximum absolute atomic E-state index is 12.9. The molecule has 0 radical (unpaired) electrons.